The largest absolute Gasteiger partial charge is 0.493 e. The van der Waals surface area contributed by atoms with E-state index in [-0.39, 0.29) is 11.0 Å². The second kappa shape index (κ2) is 13.1. The van der Waals surface area contributed by atoms with Crippen LogP contribution in [0, 0.1) is 26.2 Å². The number of hydrogen-bond donors (Lipinski definition) is 0. The zero-order chi connectivity index (χ0) is 32.6. The maximum absolute atomic E-state index is 12.1. The van der Waals surface area contributed by atoms with Crippen LogP contribution in [0.4, 0.5) is 0 Å². The third-order valence-corrected chi connectivity index (χ3v) is 15.6. The lowest BCUT2D eigenvalue weighted by Crippen LogP contribution is -2.41. The Morgan fingerprint density at radius 3 is 2.31 bits per heavy atom. The molecule has 1 spiro atoms. The predicted molar refractivity (Wildman–Crippen MR) is 188 cm³/mol. The normalized spacial score (nSPS) is 17.0. The van der Waals surface area contributed by atoms with Crippen molar-refractivity contribution in [3.05, 3.63) is 87.5 Å². The average molecular weight is 627 g/mol. The van der Waals surface area contributed by atoms with Gasteiger partial charge < -0.3 is 13.9 Å². The summed E-state index contributed by atoms with van der Waals surface area (Å²) in [7, 11) is -0.219. The van der Waals surface area contributed by atoms with E-state index in [4.69, 9.17) is 13.9 Å². The predicted octanol–water partition coefficient (Wildman–Crippen LogP) is 9.84. The fourth-order valence-corrected chi connectivity index (χ4v) is 8.22. The van der Waals surface area contributed by atoms with Gasteiger partial charge in [-0.3, -0.25) is 4.79 Å². The summed E-state index contributed by atoms with van der Waals surface area (Å²) in [5, 5.41) is 0.228. The van der Waals surface area contributed by atoms with Crippen LogP contribution in [-0.2, 0) is 33.2 Å². The highest BCUT2D eigenvalue weighted by molar-refractivity contribution is 6.74. The average Bonchev–Trinajstić information content (AvgIpc) is 3.68. The van der Waals surface area contributed by atoms with Crippen molar-refractivity contribution in [3.63, 3.8) is 0 Å². The molecular formula is C40H54O4Si. The van der Waals surface area contributed by atoms with Gasteiger partial charge in [-0.2, -0.15) is 0 Å². The molecule has 0 heterocycles. The molecule has 0 aromatic heterocycles. The third kappa shape index (κ3) is 7.25. The Bertz CT molecular complexity index is 1520. The third-order valence-electron chi connectivity index (χ3n) is 11.1. The van der Waals surface area contributed by atoms with Crippen molar-refractivity contribution in [2.75, 3.05) is 20.3 Å². The van der Waals surface area contributed by atoms with Crippen LogP contribution in [0.25, 0.3) is 11.1 Å². The minimum atomic E-state index is -1.72. The molecule has 1 atom stereocenters. The Labute approximate surface area is 273 Å². The summed E-state index contributed by atoms with van der Waals surface area (Å²) in [4.78, 5) is 12.1. The first-order valence-electron chi connectivity index (χ1n) is 16.9. The van der Waals surface area contributed by atoms with Gasteiger partial charge in [0.1, 0.15) is 5.75 Å². The summed E-state index contributed by atoms with van der Waals surface area (Å²) in [6, 6.07) is 18.1. The number of carbonyl (C=O) groups is 1. The van der Waals surface area contributed by atoms with E-state index in [0.717, 1.165) is 38.0 Å². The molecule has 1 saturated carbocycles. The Hall–Kier alpha value is -2.89. The molecule has 0 radical (unpaired) electrons. The van der Waals surface area contributed by atoms with E-state index in [2.05, 4.69) is 103 Å². The monoisotopic (exact) mass is 626 g/mol. The first-order valence-corrected chi connectivity index (χ1v) is 19.8. The molecule has 1 unspecified atom stereocenters. The Kier molecular flexibility index (Phi) is 9.73. The van der Waals surface area contributed by atoms with Gasteiger partial charge in [0.25, 0.3) is 0 Å². The van der Waals surface area contributed by atoms with E-state index in [1.54, 1.807) is 0 Å². The summed E-state index contributed by atoms with van der Waals surface area (Å²) in [6.07, 6.45) is 6.97. The van der Waals surface area contributed by atoms with Crippen LogP contribution in [0.3, 0.4) is 0 Å². The molecule has 0 saturated heterocycles. The minimum absolute atomic E-state index is 0.0891. The molecule has 0 aliphatic heterocycles. The number of aryl methyl sites for hydroxylation is 4. The van der Waals surface area contributed by atoms with Crippen LogP contribution in [0.2, 0.25) is 18.1 Å². The van der Waals surface area contributed by atoms with Crippen LogP contribution >= 0.6 is 0 Å². The van der Waals surface area contributed by atoms with Gasteiger partial charge in [0.05, 0.1) is 20.1 Å². The van der Waals surface area contributed by atoms with E-state index in [1.807, 2.05) is 0 Å². The van der Waals surface area contributed by atoms with E-state index in [0.29, 0.717) is 24.4 Å². The number of rotatable bonds is 12. The SMILES string of the molecule is COC(=O)CC1c2ccc(CCc3cccc(-c4c(C)cc(OCCCO[Si](C)(C)C(C)(C)C)cc4C)c3C)cc2CC12CC2. The molecule has 4 nitrogen and oxygen atoms in total. The Morgan fingerprint density at radius 2 is 1.67 bits per heavy atom. The Morgan fingerprint density at radius 1 is 0.956 bits per heavy atom. The Balaban J connectivity index is 1.22. The smallest absolute Gasteiger partial charge is 0.306 e. The van der Waals surface area contributed by atoms with E-state index < -0.39 is 8.32 Å². The van der Waals surface area contributed by atoms with Crippen molar-refractivity contribution < 1.29 is 18.7 Å². The first-order chi connectivity index (χ1) is 21.2. The van der Waals surface area contributed by atoms with Gasteiger partial charge in [-0.05, 0) is 139 Å². The number of esters is 1. The molecule has 45 heavy (non-hydrogen) atoms. The molecule has 3 aromatic carbocycles. The lowest BCUT2D eigenvalue weighted by Gasteiger charge is -2.36. The van der Waals surface area contributed by atoms with Crippen molar-refractivity contribution in [2.45, 2.75) is 111 Å². The van der Waals surface area contributed by atoms with Crippen LogP contribution in [0.15, 0.2) is 48.5 Å². The maximum Gasteiger partial charge on any atom is 0.306 e. The standard InChI is InChI=1S/C40H54O4Si/c1-27-22-33(43-20-11-21-44-45(8,9)39(4,5)6)23-28(2)38(27)34-13-10-12-31(29(34)3)16-14-30-15-17-35-32(24-30)26-40(18-19-40)36(35)25-37(41)42-7/h10,12-13,15,17,22-24,36H,11,14,16,18-21,25-26H2,1-9H3. The fourth-order valence-electron chi connectivity index (χ4n) is 7.13. The molecular weight excluding hydrogens is 573 g/mol. The highest BCUT2D eigenvalue weighted by Crippen LogP contribution is 2.64. The molecule has 1 fully saturated rings. The molecule has 0 amide bonds. The van der Waals surface area contributed by atoms with E-state index in [9.17, 15) is 4.79 Å². The quantitative estimate of drug-likeness (QED) is 0.114. The van der Waals surface area contributed by atoms with Gasteiger partial charge in [-0.15, -0.1) is 0 Å². The van der Waals surface area contributed by atoms with Crippen LogP contribution in [-0.4, -0.2) is 34.6 Å². The summed E-state index contributed by atoms with van der Waals surface area (Å²) in [6.45, 7) is 19.5. The van der Waals surface area contributed by atoms with E-state index in [1.165, 1.54) is 70.0 Å². The van der Waals surface area contributed by atoms with Crippen LogP contribution in [0.5, 0.6) is 5.75 Å². The number of benzene rings is 3. The molecule has 5 heteroatoms. The lowest BCUT2D eigenvalue weighted by atomic mass is 9.86. The molecule has 5 rings (SSSR count). The summed E-state index contributed by atoms with van der Waals surface area (Å²) in [5.41, 5.74) is 12.4. The van der Waals surface area contributed by atoms with Crippen LogP contribution in [0.1, 0.15) is 91.3 Å². The molecule has 0 N–H and O–H groups in total. The number of methoxy groups -OCH3 is 1. The van der Waals surface area contributed by atoms with Crippen molar-refractivity contribution >= 4 is 14.3 Å². The van der Waals surface area contributed by atoms with Gasteiger partial charge >= 0.3 is 5.97 Å². The summed E-state index contributed by atoms with van der Waals surface area (Å²) >= 11 is 0. The molecule has 3 aromatic rings. The van der Waals surface area contributed by atoms with Gasteiger partial charge in [0, 0.05) is 18.9 Å². The molecule has 0 bridgehead atoms. The second-order valence-electron chi connectivity index (χ2n) is 15.2. The number of hydrogen-bond acceptors (Lipinski definition) is 4. The number of fused-ring (bicyclic) bond motifs is 1. The second-order valence-corrected chi connectivity index (χ2v) is 20.0. The van der Waals surface area contributed by atoms with Gasteiger partial charge in [-0.25, -0.2) is 0 Å². The van der Waals surface area contributed by atoms with E-state index >= 15 is 0 Å². The van der Waals surface area contributed by atoms with Crippen molar-refractivity contribution in [1.29, 1.82) is 0 Å². The maximum atomic E-state index is 12.1. The van der Waals surface area contributed by atoms with Crippen molar-refractivity contribution in [1.82, 2.24) is 0 Å². The molecule has 2 aliphatic carbocycles. The van der Waals surface area contributed by atoms with Crippen LogP contribution < -0.4 is 4.74 Å². The van der Waals surface area contributed by atoms with Gasteiger partial charge in [0.15, 0.2) is 8.32 Å². The topological polar surface area (TPSA) is 44.8 Å². The summed E-state index contributed by atoms with van der Waals surface area (Å²) < 4.78 is 17.5. The first kappa shape index (κ1) is 33.5. The van der Waals surface area contributed by atoms with Crippen molar-refractivity contribution in [2.24, 2.45) is 5.41 Å². The highest BCUT2D eigenvalue weighted by Gasteiger charge is 2.54. The zero-order valence-corrected chi connectivity index (χ0v) is 30.2. The number of ether oxygens (including phenoxy) is 2. The van der Waals surface area contributed by atoms with Gasteiger partial charge in [0.2, 0.25) is 0 Å². The van der Waals surface area contributed by atoms with Crippen molar-refractivity contribution in [3.8, 4) is 16.9 Å². The number of carbonyl (C=O) groups excluding carboxylic acids is 1. The summed E-state index contributed by atoms with van der Waals surface area (Å²) in [5.74, 6) is 1.17. The van der Waals surface area contributed by atoms with Gasteiger partial charge in [-0.1, -0.05) is 57.2 Å². The highest BCUT2D eigenvalue weighted by atomic mass is 28.4. The molecule has 242 valence electrons. The lowest BCUT2D eigenvalue weighted by molar-refractivity contribution is -0.141. The minimum Gasteiger partial charge on any atom is -0.493 e. The fraction of sp³-hybridized carbons (Fsp3) is 0.525. The zero-order valence-electron chi connectivity index (χ0n) is 29.2. The molecule has 2 aliphatic rings.